The van der Waals surface area contributed by atoms with Gasteiger partial charge in [0.05, 0.1) is 46.3 Å². The Labute approximate surface area is 259 Å². The number of nitrogens with zero attached hydrogens (tertiary/aromatic N) is 7. The lowest BCUT2D eigenvalue weighted by Crippen LogP contribution is -2.50. The molecule has 0 radical (unpaired) electrons. The summed E-state index contributed by atoms with van der Waals surface area (Å²) in [5.74, 6) is -13.7. The minimum atomic E-state index is -6.57. The first-order valence-electron chi connectivity index (χ1n) is 13.1. The van der Waals surface area contributed by atoms with Crippen molar-refractivity contribution in [3.8, 4) is 11.9 Å². The van der Waals surface area contributed by atoms with Crippen molar-refractivity contribution in [3.63, 3.8) is 0 Å². The summed E-state index contributed by atoms with van der Waals surface area (Å²) in [7, 11) is 0. The van der Waals surface area contributed by atoms with E-state index in [1.807, 2.05) is 6.07 Å². The SMILES string of the molecule is Cc1cc(C#N)cc(C(=O)NC2CC2)c1NC(=O)c1cc(Cn2cc(C(F)(F)C(F)(F)C(F)(F)F)nn2)nn1-c1ncccc1Cl. The first-order valence-corrected chi connectivity index (χ1v) is 13.5. The molecule has 1 aliphatic rings. The largest absolute Gasteiger partial charge is 0.460 e. The molecule has 0 saturated heterocycles. The van der Waals surface area contributed by atoms with Crippen LogP contribution in [0.4, 0.5) is 36.4 Å². The summed E-state index contributed by atoms with van der Waals surface area (Å²) in [5, 5.41) is 25.1. The van der Waals surface area contributed by atoms with Crippen LogP contribution < -0.4 is 10.6 Å². The number of alkyl halides is 7. The van der Waals surface area contributed by atoms with Crippen molar-refractivity contribution in [2.45, 2.75) is 50.4 Å². The molecule has 0 spiro atoms. The molecule has 2 amide bonds. The summed E-state index contributed by atoms with van der Waals surface area (Å²) in [6.45, 7) is 0.937. The highest BCUT2D eigenvalue weighted by molar-refractivity contribution is 6.32. The molecule has 2 N–H and O–H groups in total. The number of carbonyl (C=O) groups is 2. The lowest BCUT2D eigenvalue weighted by molar-refractivity contribution is -0.360. The molecule has 11 nitrogen and oxygen atoms in total. The van der Waals surface area contributed by atoms with Crippen LogP contribution in [-0.2, 0) is 12.5 Å². The standard InChI is InChI=1S/C27H19ClF7N9O2/c1-13-7-14(10-36)8-17(23(45)38-15-4-5-15)21(13)39-24(46)19-9-16(41-44(19)22-18(28)3-2-6-37-22)11-43-12-20(40-42-43)25(29,30)26(31,32)27(33,34)35/h2-3,6-9,12,15H,4-5,11H2,1H3,(H,38,45)(H,39,46). The second-order valence-corrected chi connectivity index (χ2v) is 10.6. The highest BCUT2D eigenvalue weighted by Crippen LogP contribution is 2.51. The van der Waals surface area contributed by atoms with Crippen LogP contribution in [0.15, 0.2) is 42.7 Å². The van der Waals surface area contributed by atoms with Gasteiger partial charge >= 0.3 is 18.0 Å². The third-order valence-corrected chi connectivity index (χ3v) is 7.02. The Bertz CT molecular complexity index is 1880. The molecule has 5 rings (SSSR count). The maximum absolute atomic E-state index is 14.1. The topological polar surface area (TPSA) is 143 Å². The van der Waals surface area contributed by atoms with E-state index >= 15 is 0 Å². The Morgan fingerprint density at radius 1 is 1.11 bits per heavy atom. The van der Waals surface area contributed by atoms with Gasteiger partial charge in [0.1, 0.15) is 5.69 Å². The molecule has 1 saturated carbocycles. The molecule has 0 unspecified atom stereocenters. The molecule has 1 fully saturated rings. The van der Waals surface area contributed by atoms with Gasteiger partial charge in [-0.2, -0.15) is 41.1 Å². The van der Waals surface area contributed by atoms with E-state index in [2.05, 4.69) is 31.0 Å². The van der Waals surface area contributed by atoms with Crippen LogP contribution in [0.3, 0.4) is 0 Å². The average Bonchev–Trinajstić information content (AvgIpc) is 3.50. The maximum atomic E-state index is 14.1. The molecular formula is C27H19ClF7N9O2. The number of rotatable bonds is 9. The summed E-state index contributed by atoms with van der Waals surface area (Å²) in [5.41, 5.74) is -1.74. The molecule has 1 aromatic carbocycles. The highest BCUT2D eigenvalue weighted by atomic mass is 35.5. The molecule has 240 valence electrons. The number of nitrogens with one attached hydrogen (secondary N) is 2. The lowest BCUT2D eigenvalue weighted by Gasteiger charge is -2.26. The van der Waals surface area contributed by atoms with Crippen molar-refractivity contribution in [1.82, 2.24) is 35.1 Å². The number of nitriles is 1. The summed E-state index contributed by atoms with van der Waals surface area (Å²) < 4.78 is 94.8. The van der Waals surface area contributed by atoms with E-state index < -0.39 is 42.1 Å². The molecule has 4 aromatic rings. The van der Waals surface area contributed by atoms with Gasteiger partial charge in [-0.1, -0.05) is 16.8 Å². The van der Waals surface area contributed by atoms with E-state index in [9.17, 15) is 45.6 Å². The molecule has 0 bridgehead atoms. The monoisotopic (exact) mass is 669 g/mol. The number of benzene rings is 1. The number of anilines is 1. The predicted molar refractivity (Wildman–Crippen MR) is 145 cm³/mol. The van der Waals surface area contributed by atoms with E-state index in [4.69, 9.17) is 11.6 Å². The fourth-order valence-corrected chi connectivity index (χ4v) is 4.45. The third-order valence-electron chi connectivity index (χ3n) is 6.73. The first-order chi connectivity index (χ1) is 21.5. The van der Waals surface area contributed by atoms with Crippen LogP contribution in [0.2, 0.25) is 5.02 Å². The Hall–Kier alpha value is -5.05. The van der Waals surface area contributed by atoms with Crippen molar-refractivity contribution >= 4 is 29.1 Å². The van der Waals surface area contributed by atoms with Gasteiger partial charge in [-0.3, -0.25) is 9.59 Å². The van der Waals surface area contributed by atoms with Crippen LogP contribution in [0, 0.1) is 18.3 Å². The van der Waals surface area contributed by atoms with Crippen LogP contribution >= 0.6 is 11.6 Å². The highest BCUT2D eigenvalue weighted by Gasteiger charge is 2.74. The average molecular weight is 670 g/mol. The van der Waals surface area contributed by atoms with Crippen LogP contribution in [0.25, 0.3) is 5.82 Å². The Balaban J connectivity index is 1.50. The number of hydrogen-bond donors (Lipinski definition) is 2. The van der Waals surface area contributed by atoms with Crippen molar-refractivity contribution in [2.24, 2.45) is 0 Å². The van der Waals surface area contributed by atoms with Gasteiger partial charge in [0.25, 0.3) is 11.8 Å². The number of halogens is 8. The minimum absolute atomic E-state index is 0.00527. The number of hydrogen-bond acceptors (Lipinski definition) is 7. The van der Waals surface area contributed by atoms with Gasteiger partial charge in [-0.05, 0) is 55.7 Å². The van der Waals surface area contributed by atoms with Crippen LogP contribution in [-0.4, -0.2) is 59.7 Å². The van der Waals surface area contributed by atoms with Gasteiger partial charge in [0.2, 0.25) is 0 Å². The fourth-order valence-electron chi connectivity index (χ4n) is 4.25. The molecular weight excluding hydrogens is 651 g/mol. The molecule has 19 heteroatoms. The second kappa shape index (κ2) is 11.7. The fraction of sp³-hybridized carbons (Fsp3) is 0.296. The molecule has 1 aliphatic carbocycles. The van der Waals surface area contributed by atoms with Gasteiger partial charge in [-0.25, -0.2) is 14.3 Å². The summed E-state index contributed by atoms with van der Waals surface area (Å²) in [6, 6.07) is 8.69. The van der Waals surface area contributed by atoms with Crippen molar-refractivity contribution in [3.05, 3.63) is 81.5 Å². The molecule has 0 atom stereocenters. The van der Waals surface area contributed by atoms with E-state index in [0.717, 1.165) is 23.6 Å². The number of aromatic nitrogens is 6. The minimum Gasteiger partial charge on any atom is -0.349 e. The summed E-state index contributed by atoms with van der Waals surface area (Å²) >= 11 is 6.27. The zero-order chi connectivity index (χ0) is 33.6. The van der Waals surface area contributed by atoms with Crippen molar-refractivity contribution in [2.75, 3.05) is 5.32 Å². The predicted octanol–water partition coefficient (Wildman–Crippen LogP) is 5.17. The second-order valence-electron chi connectivity index (χ2n) is 10.2. The van der Waals surface area contributed by atoms with Crippen molar-refractivity contribution in [1.29, 1.82) is 5.26 Å². The number of pyridine rings is 1. The van der Waals surface area contributed by atoms with E-state index in [0.29, 0.717) is 10.2 Å². The quantitative estimate of drug-likeness (QED) is 0.234. The van der Waals surface area contributed by atoms with Gasteiger partial charge in [0, 0.05) is 12.2 Å². The Morgan fingerprint density at radius 2 is 1.83 bits per heavy atom. The van der Waals surface area contributed by atoms with Crippen molar-refractivity contribution < 1.29 is 40.3 Å². The maximum Gasteiger partial charge on any atom is 0.460 e. The van der Waals surface area contributed by atoms with Gasteiger partial charge in [-0.15, -0.1) is 5.10 Å². The molecule has 3 aromatic heterocycles. The zero-order valence-electron chi connectivity index (χ0n) is 23.2. The smallest absolute Gasteiger partial charge is 0.349 e. The first kappa shape index (κ1) is 32.3. The number of aryl methyl sites for hydroxylation is 1. The Kier molecular flexibility index (Phi) is 8.23. The van der Waals surface area contributed by atoms with Gasteiger partial charge in [0.15, 0.2) is 11.5 Å². The van der Waals surface area contributed by atoms with Crippen LogP contribution in [0.5, 0.6) is 0 Å². The number of amides is 2. The van der Waals surface area contributed by atoms with E-state index in [-0.39, 0.29) is 51.3 Å². The summed E-state index contributed by atoms with van der Waals surface area (Å²) in [6.07, 6.45) is -3.52. The third kappa shape index (κ3) is 6.09. The van der Waals surface area contributed by atoms with E-state index in [1.54, 1.807) is 6.92 Å². The lowest BCUT2D eigenvalue weighted by atomic mass is 10.0. The summed E-state index contributed by atoms with van der Waals surface area (Å²) in [4.78, 5) is 30.8. The van der Waals surface area contributed by atoms with E-state index in [1.165, 1.54) is 30.5 Å². The normalized spacial score (nSPS) is 13.7. The molecule has 46 heavy (non-hydrogen) atoms. The Morgan fingerprint density at radius 3 is 2.46 bits per heavy atom. The zero-order valence-corrected chi connectivity index (χ0v) is 24.0. The van der Waals surface area contributed by atoms with Gasteiger partial charge < -0.3 is 10.6 Å². The van der Waals surface area contributed by atoms with Crippen LogP contribution in [0.1, 0.15) is 56.2 Å². The number of carbonyl (C=O) groups excluding carboxylic acids is 2. The molecule has 0 aliphatic heterocycles. The molecule has 3 heterocycles.